The Morgan fingerprint density at radius 2 is 1.95 bits per heavy atom. The minimum atomic E-state index is -1.09. The van der Waals surface area contributed by atoms with E-state index in [1.54, 1.807) is 0 Å². The Morgan fingerprint density at radius 1 is 1.26 bits per heavy atom. The molecule has 0 spiro atoms. The lowest BCUT2D eigenvalue weighted by Crippen LogP contribution is -2.07. The summed E-state index contributed by atoms with van der Waals surface area (Å²) in [6.07, 6.45) is 0. The van der Waals surface area contributed by atoms with Crippen LogP contribution < -0.4 is 10.1 Å². The van der Waals surface area contributed by atoms with Gasteiger partial charge in [0.05, 0.1) is 7.11 Å². The van der Waals surface area contributed by atoms with E-state index in [0.717, 1.165) is 11.3 Å². The Bertz CT molecular complexity index is 597. The molecule has 1 heterocycles. The van der Waals surface area contributed by atoms with E-state index in [-0.39, 0.29) is 17.3 Å². The molecule has 0 saturated heterocycles. The normalized spacial score (nSPS) is 10.0. The second-order valence-electron chi connectivity index (χ2n) is 3.95. The molecular weight excluding hydrogens is 246 g/mol. The van der Waals surface area contributed by atoms with E-state index in [9.17, 15) is 4.79 Å². The number of carbonyl (C=O) groups is 1. The number of rotatable bonds is 4. The summed E-state index contributed by atoms with van der Waals surface area (Å²) in [6.45, 7) is 1.97. The summed E-state index contributed by atoms with van der Waals surface area (Å²) in [5.74, 6) is -0.758. The monoisotopic (exact) mass is 259 g/mol. The summed E-state index contributed by atoms with van der Waals surface area (Å²) in [7, 11) is 1.41. The van der Waals surface area contributed by atoms with Crippen molar-refractivity contribution in [3.63, 3.8) is 0 Å². The molecule has 19 heavy (non-hydrogen) atoms. The van der Waals surface area contributed by atoms with Gasteiger partial charge in [-0.1, -0.05) is 17.7 Å². The molecule has 0 saturated carbocycles. The van der Waals surface area contributed by atoms with Gasteiger partial charge in [-0.05, 0) is 19.1 Å². The molecular formula is C13H13N3O3. The number of aromatic nitrogens is 2. The lowest BCUT2D eigenvalue weighted by atomic mass is 10.2. The predicted octanol–water partition coefficient (Wildman–Crippen LogP) is 2.24. The minimum absolute atomic E-state index is 0.00688. The van der Waals surface area contributed by atoms with Gasteiger partial charge >= 0.3 is 5.97 Å². The molecule has 0 radical (unpaired) electrons. The standard InChI is InChI=1S/C13H13N3O3/c1-8-3-5-9(6-4-8)14-12-10(13(17)18)7-11(19-2)15-16-12/h3-7H,1-2H3,(H,14,16)(H,17,18). The van der Waals surface area contributed by atoms with Crippen LogP contribution in [0.3, 0.4) is 0 Å². The van der Waals surface area contributed by atoms with E-state index < -0.39 is 5.97 Å². The van der Waals surface area contributed by atoms with Crippen LogP contribution in [0, 0.1) is 6.92 Å². The van der Waals surface area contributed by atoms with Gasteiger partial charge in [0.1, 0.15) is 5.56 Å². The van der Waals surface area contributed by atoms with Gasteiger partial charge in [0, 0.05) is 11.8 Å². The SMILES string of the molecule is COc1cc(C(=O)O)c(Nc2ccc(C)cc2)nn1. The van der Waals surface area contributed by atoms with Crippen molar-refractivity contribution in [2.45, 2.75) is 6.92 Å². The van der Waals surface area contributed by atoms with Crippen LogP contribution >= 0.6 is 0 Å². The maximum Gasteiger partial charge on any atom is 0.339 e. The number of hydrogen-bond acceptors (Lipinski definition) is 5. The topological polar surface area (TPSA) is 84.3 Å². The molecule has 98 valence electrons. The van der Waals surface area contributed by atoms with Gasteiger partial charge in [-0.3, -0.25) is 0 Å². The molecule has 2 N–H and O–H groups in total. The first-order valence-electron chi connectivity index (χ1n) is 5.59. The highest BCUT2D eigenvalue weighted by Gasteiger charge is 2.14. The number of methoxy groups -OCH3 is 1. The Morgan fingerprint density at radius 3 is 2.53 bits per heavy atom. The van der Waals surface area contributed by atoms with Gasteiger partial charge in [-0.2, -0.15) is 0 Å². The van der Waals surface area contributed by atoms with E-state index >= 15 is 0 Å². The smallest absolute Gasteiger partial charge is 0.339 e. The van der Waals surface area contributed by atoms with Gasteiger partial charge in [-0.25, -0.2) is 4.79 Å². The number of ether oxygens (including phenoxy) is 1. The van der Waals surface area contributed by atoms with Crippen molar-refractivity contribution in [1.82, 2.24) is 10.2 Å². The number of nitrogens with zero attached hydrogens (tertiary/aromatic N) is 2. The fourth-order valence-corrected chi connectivity index (χ4v) is 1.50. The second-order valence-corrected chi connectivity index (χ2v) is 3.95. The molecule has 0 atom stereocenters. The number of nitrogens with one attached hydrogen (secondary N) is 1. The van der Waals surface area contributed by atoms with Crippen LogP contribution in [0.1, 0.15) is 15.9 Å². The van der Waals surface area contributed by atoms with Gasteiger partial charge in [0.2, 0.25) is 5.88 Å². The maximum absolute atomic E-state index is 11.2. The summed E-state index contributed by atoms with van der Waals surface area (Å²) in [5, 5.41) is 19.6. The number of aryl methyl sites for hydroxylation is 1. The van der Waals surface area contributed by atoms with E-state index in [2.05, 4.69) is 15.5 Å². The number of carboxylic acids is 1. The molecule has 2 rings (SSSR count). The molecule has 0 bridgehead atoms. The van der Waals surface area contributed by atoms with Crippen LogP contribution in [0.15, 0.2) is 30.3 Å². The molecule has 0 aliphatic carbocycles. The van der Waals surface area contributed by atoms with Gasteiger partial charge in [0.25, 0.3) is 0 Å². The number of hydrogen-bond donors (Lipinski definition) is 2. The first-order valence-corrected chi connectivity index (χ1v) is 5.59. The van der Waals surface area contributed by atoms with Crippen LogP contribution in [-0.2, 0) is 0 Å². The highest BCUT2D eigenvalue weighted by molar-refractivity contribution is 5.94. The van der Waals surface area contributed by atoms with Crippen LogP contribution in [0.2, 0.25) is 0 Å². The zero-order valence-corrected chi connectivity index (χ0v) is 10.5. The quantitative estimate of drug-likeness (QED) is 0.875. The molecule has 0 aliphatic heterocycles. The first kappa shape index (κ1) is 12.8. The van der Waals surface area contributed by atoms with Crippen molar-refractivity contribution >= 4 is 17.5 Å². The Hall–Kier alpha value is -2.63. The fourth-order valence-electron chi connectivity index (χ4n) is 1.50. The lowest BCUT2D eigenvalue weighted by molar-refractivity contribution is 0.0697. The molecule has 2 aromatic rings. The second kappa shape index (κ2) is 5.34. The Kier molecular flexibility index (Phi) is 3.61. The third-order valence-corrected chi connectivity index (χ3v) is 2.53. The molecule has 1 aromatic heterocycles. The highest BCUT2D eigenvalue weighted by atomic mass is 16.5. The van der Waals surface area contributed by atoms with Crippen LogP contribution in [0.4, 0.5) is 11.5 Å². The van der Waals surface area contributed by atoms with E-state index in [0.29, 0.717) is 0 Å². The zero-order chi connectivity index (χ0) is 13.8. The van der Waals surface area contributed by atoms with Crippen LogP contribution in [0.25, 0.3) is 0 Å². The zero-order valence-electron chi connectivity index (χ0n) is 10.5. The largest absolute Gasteiger partial charge is 0.480 e. The summed E-state index contributed by atoms with van der Waals surface area (Å²) in [5.41, 5.74) is 1.87. The van der Waals surface area contributed by atoms with E-state index in [1.165, 1.54) is 13.2 Å². The number of carboxylic acid groups (broad SMARTS) is 1. The maximum atomic E-state index is 11.2. The van der Waals surface area contributed by atoms with Crippen molar-refractivity contribution in [2.24, 2.45) is 0 Å². The van der Waals surface area contributed by atoms with Crippen LogP contribution in [0.5, 0.6) is 5.88 Å². The Labute approximate surface area is 110 Å². The average Bonchev–Trinajstić information content (AvgIpc) is 2.41. The molecule has 1 aromatic carbocycles. The van der Waals surface area contributed by atoms with Crippen molar-refractivity contribution in [1.29, 1.82) is 0 Å². The third kappa shape index (κ3) is 2.98. The predicted molar refractivity (Wildman–Crippen MR) is 70.0 cm³/mol. The van der Waals surface area contributed by atoms with Crippen molar-refractivity contribution in [3.05, 3.63) is 41.5 Å². The summed E-state index contributed by atoms with van der Waals surface area (Å²) in [6, 6.07) is 8.84. The molecule has 0 unspecified atom stereocenters. The van der Waals surface area contributed by atoms with Gasteiger partial charge in [0.15, 0.2) is 5.82 Å². The number of benzene rings is 1. The first-order chi connectivity index (χ1) is 9.10. The van der Waals surface area contributed by atoms with E-state index in [4.69, 9.17) is 9.84 Å². The van der Waals surface area contributed by atoms with Crippen molar-refractivity contribution in [2.75, 3.05) is 12.4 Å². The highest BCUT2D eigenvalue weighted by Crippen LogP contribution is 2.21. The fraction of sp³-hybridized carbons (Fsp3) is 0.154. The van der Waals surface area contributed by atoms with E-state index in [1.807, 2.05) is 31.2 Å². The Balaban J connectivity index is 2.33. The van der Waals surface area contributed by atoms with Crippen molar-refractivity contribution < 1.29 is 14.6 Å². The molecule has 0 fully saturated rings. The van der Waals surface area contributed by atoms with Gasteiger partial charge in [-0.15, -0.1) is 10.2 Å². The minimum Gasteiger partial charge on any atom is -0.480 e. The molecule has 0 aliphatic rings. The average molecular weight is 259 g/mol. The number of aromatic carboxylic acids is 1. The van der Waals surface area contributed by atoms with Gasteiger partial charge < -0.3 is 15.2 Å². The summed E-state index contributed by atoms with van der Waals surface area (Å²) >= 11 is 0. The lowest BCUT2D eigenvalue weighted by Gasteiger charge is -2.09. The molecule has 0 amide bonds. The van der Waals surface area contributed by atoms with Crippen LogP contribution in [-0.4, -0.2) is 28.4 Å². The molecule has 6 nitrogen and oxygen atoms in total. The molecule has 6 heteroatoms. The summed E-state index contributed by atoms with van der Waals surface area (Å²) < 4.78 is 4.86. The summed E-state index contributed by atoms with van der Waals surface area (Å²) in [4.78, 5) is 11.2. The third-order valence-electron chi connectivity index (χ3n) is 2.53. The van der Waals surface area contributed by atoms with Crippen molar-refractivity contribution in [3.8, 4) is 5.88 Å². The number of anilines is 2.